The fraction of sp³-hybridized carbons (Fsp3) is 0.533. The number of rotatable bonds is 4. The van der Waals surface area contributed by atoms with Gasteiger partial charge < -0.3 is 14.8 Å². The predicted octanol–water partition coefficient (Wildman–Crippen LogP) is 2.76. The SMILES string of the molecule is COc1ccc(Br)c(C(=O)NC2CCOC2C2CC2)c1. The number of carbonyl (C=O) groups excluding carboxylic acids is 1. The van der Waals surface area contributed by atoms with Crippen molar-refractivity contribution in [3.05, 3.63) is 28.2 Å². The number of halogens is 1. The lowest BCUT2D eigenvalue weighted by atomic mass is 10.1. The molecule has 2 atom stereocenters. The van der Waals surface area contributed by atoms with Crippen LogP contribution in [-0.4, -0.2) is 31.8 Å². The predicted molar refractivity (Wildman–Crippen MR) is 79.0 cm³/mol. The number of hydrogen-bond acceptors (Lipinski definition) is 3. The van der Waals surface area contributed by atoms with E-state index in [2.05, 4.69) is 21.2 Å². The Kier molecular flexibility index (Phi) is 3.98. The van der Waals surface area contributed by atoms with Crippen LogP contribution in [0.5, 0.6) is 5.75 Å². The van der Waals surface area contributed by atoms with Gasteiger partial charge in [0.15, 0.2) is 0 Å². The van der Waals surface area contributed by atoms with E-state index < -0.39 is 0 Å². The molecule has 1 amide bonds. The first kappa shape index (κ1) is 13.9. The molecule has 5 heteroatoms. The molecule has 1 heterocycles. The van der Waals surface area contributed by atoms with Crippen molar-refractivity contribution < 1.29 is 14.3 Å². The third-order valence-electron chi connectivity index (χ3n) is 3.96. The maximum atomic E-state index is 12.4. The van der Waals surface area contributed by atoms with Gasteiger partial charge in [-0.15, -0.1) is 0 Å². The number of hydrogen-bond donors (Lipinski definition) is 1. The van der Waals surface area contributed by atoms with Crippen molar-refractivity contribution in [2.75, 3.05) is 13.7 Å². The molecule has 1 aromatic rings. The van der Waals surface area contributed by atoms with E-state index in [1.165, 1.54) is 12.8 Å². The van der Waals surface area contributed by atoms with Crippen molar-refractivity contribution in [3.8, 4) is 5.75 Å². The van der Waals surface area contributed by atoms with E-state index in [0.29, 0.717) is 17.2 Å². The number of methoxy groups -OCH3 is 1. The van der Waals surface area contributed by atoms with Crippen molar-refractivity contribution >= 4 is 21.8 Å². The summed E-state index contributed by atoms with van der Waals surface area (Å²) in [6.45, 7) is 0.741. The molecular formula is C15H18BrNO3. The Balaban J connectivity index is 1.72. The molecule has 2 unspecified atom stereocenters. The monoisotopic (exact) mass is 339 g/mol. The van der Waals surface area contributed by atoms with Crippen LogP contribution in [0.3, 0.4) is 0 Å². The molecule has 1 aromatic carbocycles. The van der Waals surface area contributed by atoms with Crippen LogP contribution in [0.2, 0.25) is 0 Å². The van der Waals surface area contributed by atoms with E-state index in [9.17, 15) is 4.79 Å². The second kappa shape index (κ2) is 5.74. The van der Waals surface area contributed by atoms with E-state index in [0.717, 1.165) is 17.5 Å². The molecule has 1 N–H and O–H groups in total. The average molecular weight is 340 g/mol. The van der Waals surface area contributed by atoms with Gasteiger partial charge in [-0.3, -0.25) is 4.79 Å². The van der Waals surface area contributed by atoms with Crippen molar-refractivity contribution in [3.63, 3.8) is 0 Å². The maximum Gasteiger partial charge on any atom is 0.252 e. The molecule has 3 rings (SSSR count). The van der Waals surface area contributed by atoms with Crippen LogP contribution in [0.1, 0.15) is 29.6 Å². The molecule has 2 fully saturated rings. The molecular weight excluding hydrogens is 322 g/mol. The summed E-state index contributed by atoms with van der Waals surface area (Å²) in [5.41, 5.74) is 0.603. The summed E-state index contributed by atoms with van der Waals surface area (Å²) in [6, 6.07) is 5.54. The molecule has 20 heavy (non-hydrogen) atoms. The van der Waals surface area contributed by atoms with Gasteiger partial charge >= 0.3 is 0 Å². The first-order valence-corrected chi connectivity index (χ1v) is 7.74. The quantitative estimate of drug-likeness (QED) is 0.917. The van der Waals surface area contributed by atoms with E-state index in [4.69, 9.17) is 9.47 Å². The average Bonchev–Trinajstić information content (AvgIpc) is 3.20. The van der Waals surface area contributed by atoms with Gasteiger partial charge in [0.2, 0.25) is 0 Å². The number of ether oxygens (including phenoxy) is 2. The minimum Gasteiger partial charge on any atom is -0.497 e. The number of benzene rings is 1. The highest BCUT2D eigenvalue weighted by molar-refractivity contribution is 9.10. The van der Waals surface area contributed by atoms with Crippen LogP contribution < -0.4 is 10.1 Å². The summed E-state index contributed by atoms with van der Waals surface area (Å²) in [5.74, 6) is 1.24. The maximum absolute atomic E-state index is 12.4. The van der Waals surface area contributed by atoms with Crippen molar-refractivity contribution in [2.45, 2.75) is 31.4 Å². The number of amides is 1. The van der Waals surface area contributed by atoms with E-state index in [1.807, 2.05) is 12.1 Å². The molecule has 0 radical (unpaired) electrons. The number of nitrogens with one attached hydrogen (secondary N) is 1. The third-order valence-corrected chi connectivity index (χ3v) is 4.65. The van der Waals surface area contributed by atoms with Gasteiger partial charge in [-0.1, -0.05) is 0 Å². The molecule has 2 aliphatic rings. The minimum atomic E-state index is -0.0723. The van der Waals surface area contributed by atoms with Gasteiger partial charge in [0.05, 0.1) is 24.8 Å². The van der Waals surface area contributed by atoms with E-state index in [1.54, 1.807) is 13.2 Å². The van der Waals surface area contributed by atoms with Crippen molar-refractivity contribution in [2.24, 2.45) is 5.92 Å². The summed E-state index contributed by atoms with van der Waals surface area (Å²) >= 11 is 3.42. The Hall–Kier alpha value is -1.07. The summed E-state index contributed by atoms with van der Waals surface area (Å²) < 4.78 is 11.7. The van der Waals surface area contributed by atoms with Gasteiger partial charge in [-0.05, 0) is 59.3 Å². The Morgan fingerprint density at radius 1 is 1.40 bits per heavy atom. The van der Waals surface area contributed by atoms with Gasteiger partial charge in [-0.2, -0.15) is 0 Å². The van der Waals surface area contributed by atoms with Crippen molar-refractivity contribution in [1.29, 1.82) is 0 Å². The Morgan fingerprint density at radius 3 is 2.90 bits per heavy atom. The Bertz CT molecular complexity index is 516. The van der Waals surface area contributed by atoms with E-state index >= 15 is 0 Å². The summed E-state index contributed by atoms with van der Waals surface area (Å²) in [6.07, 6.45) is 3.54. The standard InChI is InChI=1S/C15H18BrNO3/c1-19-10-4-5-12(16)11(8-10)15(18)17-13-6-7-20-14(13)9-2-3-9/h4-5,8-9,13-14H,2-3,6-7H2,1H3,(H,17,18). The zero-order valence-electron chi connectivity index (χ0n) is 11.4. The molecule has 0 spiro atoms. The highest BCUT2D eigenvalue weighted by atomic mass is 79.9. The normalized spacial score (nSPS) is 25.5. The summed E-state index contributed by atoms with van der Waals surface area (Å²) in [4.78, 5) is 12.4. The van der Waals surface area contributed by atoms with Gasteiger partial charge in [0.25, 0.3) is 5.91 Å². The third kappa shape index (κ3) is 2.83. The first-order valence-electron chi connectivity index (χ1n) is 6.95. The lowest BCUT2D eigenvalue weighted by Crippen LogP contribution is -2.41. The van der Waals surface area contributed by atoms with Crippen LogP contribution >= 0.6 is 15.9 Å². The highest BCUT2D eigenvalue weighted by Gasteiger charge is 2.41. The highest BCUT2D eigenvalue weighted by Crippen LogP contribution is 2.38. The second-order valence-corrected chi connectivity index (χ2v) is 6.24. The summed E-state index contributed by atoms with van der Waals surface area (Å²) in [7, 11) is 1.60. The molecule has 0 bridgehead atoms. The number of carbonyl (C=O) groups is 1. The molecule has 1 saturated carbocycles. The fourth-order valence-corrected chi connectivity index (χ4v) is 3.13. The largest absolute Gasteiger partial charge is 0.497 e. The molecule has 1 saturated heterocycles. The topological polar surface area (TPSA) is 47.6 Å². The van der Waals surface area contributed by atoms with Gasteiger partial charge in [0, 0.05) is 11.1 Å². The van der Waals surface area contributed by atoms with Crippen LogP contribution in [0.4, 0.5) is 0 Å². The van der Waals surface area contributed by atoms with Crippen molar-refractivity contribution in [1.82, 2.24) is 5.32 Å². The Labute approximate surface area is 127 Å². The second-order valence-electron chi connectivity index (χ2n) is 5.39. The molecule has 0 aromatic heterocycles. The van der Waals surface area contributed by atoms with Crippen LogP contribution in [0, 0.1) is 5.92 Å². The van der Waals surface area contributed by atoms with Crippen LogP contribution in [0.15, 0.2) is 22.7 Å². The lowest BCUT2D eigenvalue weighted by molar-refractivity contribution is 0.0729. The lowest BCUT2D eigenvalue weighted by Gasteiger charge is -2.20. The van der Waals surface area contributed by atoms with Gasteiger partial charge in [-0.25, -0.2) is 0 Å². The molecule has 1 aliphatic carbocycles. The van der Waals surface area contributed by atoms with E-state index in [-0.39, 0.29) is 18.1 Å². The van der Waals surface area contributed by atoms with Gasteiger partial charge in [0.1, 0.15) is 5.75 Å². The van der Waals surface area contributed by atoms with Crippen LogP contribution in [-0.2, 0) is 4.74 Å². The Morgan fingerprint density at radius 2 is 2.20 bits per heavy atom. The molecule has 108 valence electrons. The van der Waals surface area contributed by atoms with Crippen LogP contribution in [0.25, 0.3) is 0 Å². The summed E-state index contributed by atoms with van der Waals surface area (Å²) in [5, 5.41) is 3.11. The zero-order chi connectivity index (χ0) is 14.1. The molecule has 4 nitrogen and oxygen atoms in total. The smallest absolute Gasteiger partial charge is 0.252 e. The zero-order valence-corrected chi connectivity index (χ0v) is 13.0. The minimum absolute atomic E-state index is 0.0723. The first-order chi connectivity index (χ1) is 9.69. The fourth-order valence-electron chi connectivity index (χ4n) is 2.71. The molecule has 1 aliphatic heterocycles.